The summed E-state index contributed by atoms with van der Waals surface area (Å²) >= 11 is 0. The molecule has 0 aliphatic rings. The minimum Gasteiger partial charge on any atom is -0.496 e. The zero-order valence-corrected chi connectivity index (χ0v) is 12.6. The lowest BCUT2D eigenvalue weighted by atomic mass is 9.97. The molecular formula is C17H22N2O. The van der Waals surface area contributed by atoms with Crippen LogP contribution in [0.25, 0.3) is 11.1 Å². The highest BCUT2D eigenvalue weighted by Gasteiger charge is 2.13. The number of para-hydroxylation sites is 1. The van der Waals surface area contributed by atoms with Gasteiger partial charge in [-0.05, 0) is 30.7 Å². The third-order valence-corrected chi connectivity index (χ3v) is 3.43. The topological polar surface area (TPSA) is 38.5 Å². The van der Waals surface area contributed by atoms with Gasteiger partial charge in [0.15, 0.2) is 0 Å². The van der Waals surface area contributed by atoms with E-state index in [2.05, 4.69) is 23.1 Å². The molecule has 3 heteroatoms. The number of nitrogens with zero attached hydrogens (tertiary/aromatic N) is 1. The number of hydrogen-bond acceptors (Lipinski definition) is 3. The molecule has 0 fully saturated rings. The van der Waals surface area contributed by atoms with E-state index in [9.17, 15) is 0 Å². The van der Waals surface area contributed by atoms with Gasteiger partial charge >= 0.3 is 0 Å². The lowest BCUT2D eigenvalue weighted by molar-refractivity contribution is 0.416. The van der Waals surface area contributed by atoms with E-state index in [0.717, 1.165) is 28.1 Å². The summed E-state index contributed by atoms with van der Waals surface area (Å²) < 4.78 is 5.51. The standard InChI is InChI=1S/C17H22N2O/c1-12(18)13-9-10-17(20-4)15(11-13)14-7-5-6-8-16(14)19(2)3/h5-12H,18H2,1-4H3. The van der Waals surface area contributed by atoms with Crippen molar-refractivity contribution in [3.63, 3.8) is 0 Å². The minimum atomic E-state index is 0.00572. The van der Waals surface area contributed by atoms with E-state index < -0.39 is 0 Å². The summed E-state index contributed by atoms with van der Waals surface area (Å²) in [4.78, 5) is 2.10. The highest BCUT2D eigenvalue weighted by Crippen LogP contribution is 2.37. The number of rotatable bonds is 4. The molecule has 0 aliphatic carbocycles. The van der Waals surface area contributed by atoms with Crippen LogP contribution in [0, 0.1) is 0 Å². The average Bonchev–Trinajstić information content (AvgIpc) is 2.46. The van der Waals surface area contributed by atoms with Crippen molar-refractivity contribution in [2.75, 3.05) is 26.1 Å². The van der Waals surface area contributed by atoms with Gasteiger partial charge in [0, 0.05) is 37.0 Å². The SMILES string of the molecule is COc1ccc(C(C)N)cc1-c1ccccc1N(C)C. The maximum atomic E-state index is 6.00. The largest absolute Gasteiger partial charge is 0.496 e. The summed E-state index contributed by atoms with van der Waals surface area (Å²) in [5.41, 5.74) is 10.5. The molecule has 0 aromatic heterocycles. The summed E-state index contributed by atoms with van der Waals surface area (Å²) in [6.45, 7) is 1.99. The summed E-state index contributed by atoms with van der Waals surface area (Å²) in [5.74, 6) is 0.865. The van der Waals surface area contributed by atoms with E-state index in [-0.39, 0.29) is 6.04 Å². The molecule has 0 aliphatic heterocycles. The molecule has 0 saturated carbocycles. The van der Waals surface area contributed by atoms with Crippen LogP contribution in [-0.4, -0.2) is 21.2 Å². The Hall–Kier alpha value is -2.00. The summed E-state index contributed by atoms with van der Waals surface area (Å²) in [7, 11) is 5.78. The summed E-state index contributed by atoms with van der Waals surface area (Å²) in [6.07, 6.45) is 0. The monoisotopic (exact) mass is 270 g/mol. The van der Waals surface area contributed by atoms with Crippen molar-refractivity contribution in [2.24, 2.45) is 5.73 Å². The van der Waals surface area contributed by atoms with Crippen molar-refractivity contribution >= 4 is 5.69 Å². The average molecular weight is 270 g/mol. The fourth-order valence-corrected chi connectivity index (χ4v) is 2.31. The molecule has 2 aromatic rings. The Morgan fingerprint density at radius 1 is 1.05 bits per heavy atom. The van der Waals surface area contributed by atoms with Gasteiger partial charge in [-0.3, -0.25) is 0 Å². The number of benzene rings is 2. The number of nitrogens with two attached hydrogens (primary N) is 1. The van der Waals surface area contributed by atoms with Crippen LogP contribution in [0.15, 0.2) is 42.5 Å². The third-order valence-electron chi connectivity index (χ3n) is 3.43. The van der Waals surface area contributed by atoms with Crippen LogP contribution in [0.4, 0.5) is 5.69 Å². The molecule has 20 heavy (non-hydrogen) atoms. The summed E-state index contributed by atoms with van der Waals surface area (Å²) in [6, 6.07) is 14.4. The van der Waals surface area contributed by atoms with Crippen LogP contribution in [0.5, 0.6) is 5.75 Å². The summed E-state index contributed by atoms with van der Waals surface area (Å²) in [5, 5.41) is 0. The first kappa shape index (κ1) is 14.4. The Morgan fingerprint density at radius 3 is 2.35 bits per heavy atom. The first-order chi connectivity index (χ1) is 9.54. The highest BCUT2D eigenvalue weighted by molar-refractivity contribution is 5.82. The van der Waals surface area contributed by atoms with E-state index in [1.165, 1.54) is 0 Å². The van der Waals surface area contributed by atoms with Gasteiger partial charge in [0.25, 0.3) is 0 Å². The third kappa shape index (κ3) is 2.78. The molecule has 106 valence electrons. The lowest BCUT2D eigenvalue weighted by Crippen LogP contribution is -2.10. The first-order valence-electron chi connectivity index (χ1n) is 6.75. The maximum absolute atomic E-state index is 6.00. The van der Waals surface area contributed by atoms with Crippen molar-refractivity contribution in [3.05, 3.63) is 48.0 Å². The molecule has 2 rings (SSSR count). The predicted molar refractivity (Wildman–Crippen MR) is 85.4 cm³/mol. The number of ether oxygens (including phenoxy) is 1. The van der Waals surface area contributed by atoms with Crippen molar-refractivity contribution in [2.45, 2.75) is 13.0 Å². The molecule has 0 amide bonds. The van der Waals surface area contributed by atoms with Crippen LogP contribution < -0.4 is 15.4 Å². The van der Waals surface area contributed by atoms with Crippen molar-refractivity contribution in [3.8, 4) is 16.9 Å². The van der Waals surface area contributed by atoms with Crippen molar-refractivity contribution in [1.29, 1.82) is 0 Å². The van der Waals surface area contributed by atoms with Crippen molar-refractivity contribution in [1.82, 2.24) is 0 Å². The number of anilines is 1. The molecule has 0 bridgehead atoms. The smallest absolute Gasteiger partial charge is 0.126 e. The Balaban J connectivity index is 2.64. The Bertz CT molecular complexity index is 591. The molecule has 0 saturated heterocycles. The minimum absolute atomic E-state index is 0.00572. The molecule has 3 nitrogen and oxygen atoms in total. The molecule has 0 spiro atoms. The van der Waals surface area contributed by atoms with E-state index in [4.69, 9.17) is 10.5 Å². The molecule has 1 unspecified atom stereocenters. The first-order valence-corrected chi connectivity index (χ1v) is 6.75. The second kappa shape index (κ2) is 5.97. The van der Waals surface area contributed by atoms with Crippen LogP contribution in [-0.2, 0) is 0 Å². The lowest BCUT2D eigenvalue weighted by Gasteiger charge is -2.20. The zero-order chi connectivity index (χ0) is 14.7. The fraction of sp³-hybridized carbons (Fsp3) is 0.294. The second-order valence-electron chi connectivity index (χ2n) is 5.16. The Morgan fingerprint density at radius 2 is 1.75 bits per heavy atom. The van der Waals surface area contributed by atoms with Gasteiger partial charge in [0.2, 0.25) is 0 Å². The molecular weight excluding hydrogens is 248 g/mol. The van der Waals surface area contributed by atoms with Crippen LogP contribution in [0.2, 0.25) is 0 Å². The predicted octanol–water partition coefficient (Wildman–Crippen LogP) is 3.45. The number of hydrogen-bond donors (Lipinski definition) is 1. The van der Waals surface area contributed by atoms with Gasteiger partial charge in [0.1, 0.15) is 5.75 Å². The van der Waals surface area contributed by atoms with E-state index in [1.54, 1.807) is 7.11 Å². The Kier molecular flexibility index (Phi) is 4.30. The maximum Gasteiger partial charge on any atom is 0.126 e. The molecule has 2 N–H and O–H groups in total. The van der Waals surface area contributed by atoms with E-state index in [1.807, 2.05) is 45.3 Å². The van der Waals surface area contributed by atoms with Gasteiger partial charge in [-0.2, -0.15) is 0 Å². The quantitative estimate of drug-likeness (QED) is 0.924. The van der Waals surface area contributed by atoms with Crippen LogP contribution >= 0.6 is 0 Å². The van der Waals surface area contributed by atoms with Gasteiger partial charge in [-0.1, -0.05) is 24.3 Å². The zero-order valence-electron chi connectivity index (χ0n) is 12.6. The highest BCUT2D eigenvalue weighted by atomic mass is 16.5. The Labute approximate surface area is 121 Å². The molecule has 0 radical (unpaired) electrons. The normalized spacial score (nSPS) is 12.1. The second-order valence-corrected chi connectivity index (χ2v) is 5.16. The van der Waals surface area contributed by atoms with E-state index in [0.29, 0.717) is 0 Å². The molecule has 1 atom stereocenters. The van der Waals surface area contributed by atoms with Gasteiger partial charge in [0.05, 0.1) is 7.11 Å². The van der Waals surface area contributed by atoms with Gasteiger partial charge in [-0.15, -0.1) is 0 Å². The molecule has 0 heterocycles. The van der Waals surface area contributed by atoms with Gasteiger partial charge in [-0.25, -0.2) is 0 Å². The number of methoxy groups -OCH3 is 1. The van der Waals surface area contributed by atoms with Crippen LogP contribution in [0.3, 0.4) is 0 Å². The van der Waals surface area contributed by atoms with E-state index >= 15 is 0 Å². The fourth-order valence-electron chi connectivity index (χ4n) is 2.31. The van der Waals surface area contributed by atoms with Gasteiger partial charge < -0.3 is 15.4 Å². The van der Waals surface area contributed by atoms with Crippen molar-refractivity contribution < 1.29 is 4.74 Å². The van der Waals surface area contributed by atoms with Crippen LogP contribution in [0.1, 0.15) is 18.5 Å². The molecule has 2 aromatic carbocycles.